The predicted molar refractivity (Wildman–Crippen MR) is 105 cm³/mol. The molecule has 5 heteroatoms. The zero-order chi connectivity index (χ0) is 18.8. The maximum absolute atomic E-state index is 12.4. The monoisotopic (exact) mass is 359 g/mol. The fourth-order valence-electron chi connectivity index (χ4n) is 2.84. The van der Waals surface area contributed by atoms with Crippen LogP contribution in [0.25, 0.3) is 22.3 Å². The molecule has 0 bridgehead atoms. The van der Waals surface area contributed by atoms with Crippen molar-refractivity contribution in [3.05, 3.63) is 88.6 Å². The Morgan fingerprint density at radius 1 is 0.963 bits per heavy atom. The van der Waals surface area contributed by atoms with Crippen molar-refractivity contribution in [3.8, 4) is 22.8 Å². The first-order valence-corrected chi connectivity index (χ1v) is 8.44. The molecule has 3 N–H and O–H groups in total. The van der Waals surface area contributed by atoms with E-state index in [2.05, 4.69) is 0 Å². The number of hydrogen-bond donors (Lipinski definition) is 2. The molecule has 0 aliphatic rings. The van der Waals surface area contributed by atoms with Crippen LogP contribution in [0.5, 0.6) is 11.5 Å². The van der Waals surface area contributed by atoms with Gasteiger partial charge in [0, 0.05) is 11.3 Å². The second kappa shape index (κ2) is 6.88. The number of fused-ring (bicyclic) bond motifs is 1. The van der Waals surface area contributed by atoms with Crippen molar-refractivity contribution in [2.24, 2.45) is 0 Å². The van der Waals surface area contributed by atoms with E-state index in [1.807, 2.05) is 30.3 Å². The summed E-state index contributed by atoms with van der Waals surface area (Å²) in [5.74, 6) is 0.357. The Balaban J connectivity index is 1.63. The summed E-state index contributed by atoms with van der Waals surface area (Å²) in [7, 11) is 0. The van der Waals surface area contributed by atoms with Gasteiger partial charge in [-0.25, -0.2) is 0 Å². The minimum atomic E-state index is -0.511. The molecule has 0 aliphatic heterocycles. The molecule has 1 heterocycles. The van der Waals surface area contributed by atoms with Gasteiger partial charge in [0.25, 0.3) is 0 Å². The van der Waals surface area contributed by atoms with Crippen molar-refractivity contribution >= 4 is 16.7 Å². The first-order valence-electron chi connectivity index (χ1n) is 8.44. The van der Waals surface area contributed by atoms with Gasteiger partial charge in [-0.05, 0) is 48.0 Å². The average Bonchev–Trinajstić information content (AvgIpc) is 2.71. The third kappa shape index (κ3) is 3.35. The van der Waals surface area contributed by atoms with Gasteiger partial charge in [-0.3, -0.25) is 4.79 Å². The van der Waals surface area contributed by atoms with Crippen LogP contribution in [-0.2, 0) is 6.61 Å². The molecular formula is C22H17NO4. The molecule has 4 rings (SSSR count). The van der Waals surface area contributed by atoms with Crippen LogP contribution in [0.3, 0.4) is 0 Å². The average molecular weight is 359 g/mol. The molecule has 0 radical (unpaired) electrons. The largest absolute Gasteiger partial charge is 0.502 e. The summed E-state index contributed by atoms with van der Waals surface area (Å²) < 4.78 is 11.5. The van der Waals surface area contributed by atoms with E-state index in [4.69, 9.17) is 14.9 Å². The van der Waals surface area contributed by atoms with Crippen molar-refractivity contribution in [2.75, 3.05) is 5.73 Å². The Labute approximate surface area is 155 Å². The second-order valence-electron chi connectivity index (χ2n) is 6.16. The van der Waals surface area contributed by atoms with Gasteiger partial charge in [0.05, 0.1) is 5.39 Å². The van der Waals surface area contributed by atoms with E-state index in [9.17, 15) is 9.90 Å². The van der Waals surface area contributed by atoms with E-state index in [0.717, 1.165) is 5.56 Å². The molecule has 0 spiro atoms. The summed E-state index contributed by atoms with van der Waals surface area (Å²) in [4.78, 5) is 12.4. The lowest BCUT2D eigenvalue weighted by Gasteiger charge is -2.09. The predicted octanol–water partition coefficient (Wildman–Crippen LogP) is 4.33. The van der Waals surface area contributed by atoms with E-state index < -0.39 is 11.2 Å². The van der Waals surface area contributed by atoms with Crippen LogP contribution in [-0.4, -0.2) is 5.11 Å². The Kier molecular flexibility index (Phi) is 4.26. The maximum Gasteiger partial charge on any atom is 0.235 e. The molecule has 3 aromatic carbocycles. The van der Waals surface area contributed by atoms with Gasteiger partial charge in [-0.2, -0.15) is 0 Å². The molecule has 0 amide bonds. The molecule has 0 saturated carbocycles. The van der Waals surface area contributed by atoms with Gasteiger partial charge in [-0.15, -0.1) is 0 Å². The van der Waals surface area contributed by atoms with Crippen molar-refractivity contribution in [1.29, 1.82) is 0 Å². The van der Waals surface area contributed by atoms with Crippen LogP contribution in [0.4, 0.5) is 5.69 Å². The van der Waals surface area contributed by atoms with Gasteiger partial charge in [-0.1, -0.05) is 30.3 Å². The Hall–Kier alpha value is -3.73. The summed E-state index contributed by atoms with van der Waals surface area (Å²) in [6.45, 7) is 0.456. The van der Waals surface area contributed by atoms with Crippen LogP contribution in [0.2, 0.25) is 0 Å². The van der Waals surface area contributed by atoms with Crippen molar-refractivity contribution in [1.82, 2.24) is 0 Å². The van der Waals surface area contributed by atoms with Gasteiger partial charge in [0.1, 0.15) is 17.9 Å². The summed E-state index contributed by atoms with van der Waals surface area (Å²) >= 11 is 0. The van der Waals surface area contributed by atoms with Gasteiger partial charge in [0.2, 0.25) is 11.2 Å². The topological polar surface area (TPSA) is 85.7 Å². The summed E-state index contributed by atoms with van der Waals surface area (Å²) in [6.07, 6.45) is 0. The maximum atomic E-state index is 12.4. The zero-order valence-electron chi connectivity index (χ0n) is 14.4. The number of nitrogens with two attached hydrogens (primary N) is 1. The SMILES string of the molecule is Nc1ccc2oc(-c3ccc(OCc4ccccc4)cc3)c(O)c(=O)c2c1. The summed E-state index contributed by atoms with van der Waals surface area (Å²) in [6, 6.07) is 21.6. The minimum Gasteiger partial charge on any atom is -0.502 e. The van der Waals surface area contributed by atoms with Crippen molar-refractivity contribution in [3.63, 3.8) is 0 Å². The molecule has 5 nitrogen and oxygen atoms in total. The highest BCUT2D eigenvalue weighted by atomic mass is 16.5. The number of benzene rings is 3. The van der Waals surface area contributed by atoms with E-state index >= 15 is 0 Å². The molecule has 0 unspecified atom stereocenters. The van der Waals surface area contributed by atoms with Crippen LogP contribution >= 0.6 is 0 Å². The molecule has 0 saturated heterocycles. The number of anilines is 1. The third-order valence-corrected chi connectivity index (χ3v) is 4.26. The third-order valence-electron chi connectivity index (χ3n) is 4.26. The molecule has 1 aromatic heterocycles. The number of hydrogen-bond acceptors (Lipinski definition) is 5. The molecule has 0 aliphatic carbocycles. The fraction of sp³-hybridized carbons (Fsp3) is 0.0455. The summed E-state index contributed by atoms with van der Waals surface area (Å²) in [5.41, 5.74) is 7.64. The lowest BCUT2D eigenvalue weighted by molar-refractivity contribution is 0.306. The Bertz CT molecular complexity index is 1150. The smallest absolute Gasteiger partial charge is 0.235 e. The number of ether oxygens (including phenoxy) is 1. The van der Waals surface area contributed by atoms with Crippen LogP contribution in [0.15, 0.2) is 82.0 Å². The highest BCUT2D eigenvalue weighted by Gasteiger charge is 2.15. The quantitative estimate of drug-likeness (QED) is 0.530. The van der Waals surface area contributed by atoms with Crippen LogP contribution in [0, 0.1) is 0 Å². The fourth-order valence-corrected chi connectivity index (χ4v) is 2.84. The lowest BCUT2D eigenvalue weighted by atomic mass is 10.1. The molecule has 0 atom stereocenters. The zero-order valence-corrected chi connectivity index (χ0v) is 14.4. The normalized spacial score (nSPS) is 10.8. The minimum absolute atomic E-state index is 0.117. The Morgan fingerprint density at radius 2 is 1.70 bits per heavy atom. The van der Waals surface area contributed by atoms with Crippen molar-refractivity contribution < 1.29 is 14.3 Å². The van der Waals surface area contributed by atoms with Gasteiger partial charge in [0.15, 0.2) is 5.76 Å². The van der Waals surface area contributed by atoms with E-state index in [-0.39, 0.29) is 11.1 Å². The molecule has 134 valence electrons. The highest BCUT2D eigenvalue weighted by molar-refractivity contribution is 5.84. The number of rotatable bonds is 4. The number of nitrogen functional groups attached to an aromatic ring is 1. The summed E-state index contributed by atoms with van der Waals surface area (Å²) in [5, 5.41) is 10.5. The molecule has 0 fully saturated rings. The molecule has 27 heavy (non-hydrogen) atoms. The first-order chi connectivity index (χ1) is 13.1. The highest BCUT2D eigenvalue weighted by Crippen LogP contribution is 2.31. The second-order valence-corrected chi connectivity index (χ2v) is 6.16. The molecular weight excluding hydrogens is 342 g/mol. The van der Waals surface area contributed by atoms with Crippen molar-refractivity contribution in [2.45, 2.75) is 6.61 Å². The number of aromatic hydroxyl groups is 1. The standard InChI is InChI=1S/C22H17NO4/c23-16-8-11-19-18(12-16)20(24)21(25)22(27-19)15-6-9-17(10-7-15)26-13-14-4-2-1-3-5-14/h1-12,25H,13,23H2. The first kappa shape index (κ1) is 16.7. The Morgan fingerprint density at radius 3 is 2.44 bits per heavy atom. The van der Waals surface area contributed by atoms with Gasteiger partial charge >= 0.3 is 0 Å². The van der Waals surface area contributed by atoms with E-state index in [1.165, 1.54) is 6.07 Å². The van der Waals surface area contributed by atoms with Crippen LogP contribution < -0.4 is 15.9 Å². The van der Waals surface area contributed by atoms with E-state index in [0.29, 0.717) is 29.2 Å². The molecule has 4 aromatic rings. The van der Waals surface area contributed by atoms with Crippen LogP contribution in [0.1, 0.15) is 5.56 Å². The van der Waals surface area contributed by atoms with E-state index in [1.54, 1.807) is 36.4 Å². The lowest BCUT2D eigenvalue weighted by Crippen LogP contribution is -2.03. The van der Waals surface area contributed by atoms with Gasteiger partial charge < -0.3 is 20.0 Å².